The average Bonchev–Trinajstić information content (AvgIpc) is 2.25. The van der Waals surface area contributed by atoms with Crippen LogP contribution in [0.5, 0.6) is 0 Å². The molecule has 86 valence electrons. The van der Waals surface area contributed by atoms with E-state index in [9.17, 15) is 9.70 Å². The van der Waals surface area contributed by atoms with Crippen LogP contribution in [0.25, 0.3) is 0 Å². The predicted octanol–water partition coefficient (Wildman–Crippen LogP) is 2.54. The van der Waals surface area contributed by atoms with Gasteiger partial charge >= 0.3 is 5.97 Å². The molecule has 1 rings (SSSR count). The zero-order valence-corrected chi connectivity index (χ0v) is 9.51. The number of nitrogens with zero attached hydrogens (tertiary/aromatic N) is 2. The molecule has 0 N–H and O–H groups in total. The topological polar surface area (TPSA) is 59.0 Å². The molecule has 0 aliphatic carbocycles. The lowest BCUT2D eigenvalue weighted by Gasteiger charge is -2.26. The third-order valence-electron chi connectivity index (χ3n) is 1.83. The second-order valence-electron chi connectivity index (χ2n) is 4.27. The summed E-state index contributed by atoms with van der Waals surface area (Å²) in [7, 11) is 0. The number of carbonyl (C=O) groups is 1. The van der Waals surface area contributed by atoms with Crippen molar-refractivity contribution < 1.29 is 9.63 Å². The second-order valence-corrected chi connectivity index (χ2v) is 4.27. The Morgan fingerprint density at radius 2 is 1.81 bits per heavy atom. The summed E-state index contributed by atoms with van der Waals surface area (Å²) in [5.41, 5.74) is -0.285. The van der Waals surface area contributed by atoms with Gasteiger partial charge in [-0.15, -0.1) is 4.91 Å². The summed E-state index contributed by atoms with van der Waals surface area (Å²) in [6, 6.07) is 8.43. The molecule has 0 radical (unpaired) electrons. The predicted molar refractivity (Wildman–Crippen MR) is 59.2 cm³/mol. The van der Waals surface area contributed by atoms with Crippen molar-refractivity contribution in [3.8, 4) is 0 Å². The van der Waals surface area contributed by atoms with Gasteiger partial charge in [0.25, 0.3) is 0 Å². The van der Waals surface area contributed by atoms with Gasteiger partial charge in [-0.1, -0.05) is 23.4 Å². The van der Waals surface area contributed by atoms with E-state index in [4.69, 9.17) is 4.84 Å². The zero-order chi connectivity index (χ0) is 12.2. The van der Waals surface area contributed by atoms with Crippen LogP contribution in [0.2, 0.25) is 0 Å². The van der Waals surface area contributed by atoms with Gasteiger partial charge in [-0.25, -0.2) is 4.79 Å². The molecular formula is C11H14N2O3. The van der Waals surface area contributed by atoms with Gasteiger partial charge in [0.15, 0.2) is 0 Å². The van der Waals surface area contributed by atoms with Crippen LogP contribution < -0.4 is 0 Å². The van der Waals surface area contributed by atoms with Crippen molar-refractivity contribution in [3.63, 3.8) is 0 Å². The molecule has 0 saturated carbocycles. The van der Waals surface area contributed by atoms with Crippen LogP contribution in [0, 0.1) is 4.91 Å². The number of rotatable bonds is 3. The maximum absolute atomic E-state index is 11.6. The van der Waals surface area contributed by atoms with Crippen LogP contribution in [-0.2, 0) is 4.84 Å². The van der Waals surface area contributed by atoms with E-state index in [0.29, 0.717) is 5.56 Å². The maximum atomic E-state index is 11.6. The zero-order valence-electron chi connectivity index (χ0n) is 9.51. The molecule has 1 aromatic carbocycles. The van der Waals surface area contributed by atoms with Gasteiger partial charge < -0.3 is 4.84 Å². The van der Waals surface area contributed by atoms with Crippen LogP contribution in [0.3, 0.4) is 0 Å². The molecule has 0 spiro atoms. The van der Waals surface area contributed by atoms with Crippen LogP contribution in [0.4, 0.5) is 0 Å². The van der Waals surface area contributed by atoms with Gasteiger partial charge in [0.1, 0.15) is 0 Å². The lowest BCUT2D eigenvalue weighted by molar-refractivity contribution is -0.164. The summed E-state index contributed by atoms with van der Waals surface area (Å²) in [5, 5.41) is 3.42. The minimum Gasteiger partial charge on any atom is -0.315 e. The van der Waals surface area contributed by atoms with E-state index >= 15 is 0 Å². The van der Waals surface area contributed by atoms with Gasteiger partial charge in [0.2, 0.25) is 0 Å². The van der Waals surface area contributed by atoms with Gasteiger partial charge in [0, 0.05) is 0 Å². The SMILES string of the molecule is CC(C)(C)N(N=O)OC(=O)c1ccccc1. The third-order valence-corrected chi connectivity index (χ3v) is 1.83. The van der Waals surface area contributed by atoms with Crippen LogP contribution in [0.1, 0.15) is 31.1 Å². The Bertz CT molecular complexity index is 371. The lowest BCUT2D eigenvalue weighted by Crippen LogP contribution is -2.38. The highest BCUT2D eigenvalue weighted by atomic mass is 16.8. The highest BCUT2D eigenvalue weighted by Crippen LogP contribution is 2.15. The lowest BCUT2D eigenvalue weighted by atomic mass is 10.1. The summed E-state index contributed by atoms with van der Waals surface area (Å²) >= 11 is 0. The molecule has 0 bridgehead atoms. The van der Waals surface area contributed by atoms with Crippen molar-refractivity contribution in [2.45, 2.75) is 26.3 Å². The highest BCUT2D eigenvalue weighted by Gasteiger charge is 2.26. The first-order valence-electron chi connectivity index (χ1n) is 4.86. The van der Waals surface area contributed by atoms with E-state index in [1.54, 1.807) is 51.1 Å². The van der Waals surface area contributed by atoms with E-state index in [0.717, 1.165) is 5.17 Å². The minimum atomic E-state index is -0.661. The van der Waals surface area contributed by atoms with Crippen LogP contribution in [-0.4, -0.2) is 16.7 Å². The third kappa shape index (κ3) is 3.05. The standard InChI is InChI=1S/C11H14N2O3/c1-11(2,3)13(12-15)16-10(14)9-7-5-4-6-8-9/h4-8H,1-3H3. The van der Waals surface area contributed by atoms with Gasteiger partial charge in [-0.05, 0) is 32.9 Å². The molecule has 0 amide bonds. The molecule has 0 heterocycles. The van der Waals surface area contributed by atoms with Crippen molar-refractivity contribution in [1.82, 2.24) is 5.17 Å². The van der Waals surface area contributed by atoms with Crippen molar-refractivity contribution >= 4 is 5.97 Å². The first-order chi connectivity index (χ1) is 7.45. The van der Waals surface area contributed by atoms with Gasteiger partial charge in [-0.3, -0.25) is 0 Å². The molecule has 0 fully saturated rings. The van der Waals surface area contributed by atoms with Crippen molar-refractivity contribution in [3.05, 3.63) is 40.8 Å². The molecule has 5 heteroatoms. The first-order valence-corrected chi connectivity index (χ1v) is 4.86. The molecule has 5 nitrogen and oxygen atoms in total. The molecular weight excluding hydrogens is 208 g/mol. The minimum absolute atomic E-state index is 0.375. The smallest absolute Gasteiger partial charge is 0.315 e. The number of carbonyl (C=O) groups excluding carboxylic acids is 1. The van der Waals surface area contributed by atoms with E-state index in [1.165, 1.54) is 0 Å². The molecule has 0 aliphatic rings. The monoisotopic (exact) mass is 222 g/mol. The largest absolute Gasteiger partial charge is 0.365 e. The van der Waals surface area contributed by atoms with Crippen molar-refractivity contribution in [1.29, 1.82) is 0 Å². The molecule has 0 atom stereocenters. The fourth-order valence-electron chi connectivity index (χ4n) is 0.982. The van der Waals surface area contributed by atoms with Crippen LogP contribution in [0.15, 0.2) is 35.6 Å². The second kappa shape index (κ2) is 4.74. The number of benzene rings is 1. The number of hydroxylamine groups is 1. The Morgan fingerprint density at radius 1 is 1.25 bits per heavy atom. The van der Waals surface area contributed by atoms with Crippen molar-refractivity contribution in [2.24, 2.45) is 5.29 Å². The molecule has 1 aromatic rings. The molecule has 0 aliphatic heterocycles. The number of hydrogen-bond donors (Lipinski definition) is 0. The molecule has 0 unspecified atom stereocenters. The summed E-state index contributed by atoms with van der Waals surface area (Å²) in [4.78, 5) is 27.0. The average molecular weight is 222 g/mol. The fraction of sp³-hybridized carbons (Fsp3) is 0.364. The van der Waals surface area contributed by atoms with Gasteiger partial charge in [0.05, 0.1) is 16.4 Å². The summed E-state index contributed by atoms with van der Waals surface area (Å²) in [6.07, 6.45) is 0. The first kappa shape index (κ1) is 12.2. The van der Waals surface area contributed by atoms with E-state index in [-0.39, 0.29) is 0 Å². The molecule has 16 heavy (non-hydrogen) atoms. The van der Waals surface area contributed by atoms with Crippen molar-refractivity contribution in [2.75, 3.05) is 0 Å². The number of hydrogen-bond acceptors (Lipinski definition) is 4. The molecule has 0 saturated heterocycles. The van der Waals surface area contributed by atoms with Crippen LogP contribution >= 0.6 is 0 Å². The molecule has 0 aromatic heterocycles. The Labute approximate surface area is 93.9 Å². The Balaban J connectivity index is 2.75. The summed E-state index contributed by atoms with van der Waals surface area (Å²) in [6.45, 7) is 5.14. The van der Waals surface area contributed by atoms with Gasteiger partial charge in [-0.2, -0.15) is 0 Å². The Hall–Kier alpha value is -1.91. The Morgan fingerprint density at radius 3 is 2.25 bits per heavy atom. The quantitative estimate of drug-likeness (QED) is 0.582. The maximum Gasteiger partial charge on any atom is 0.365 e. The Kier molecular flexibility index (Phi) is 3.60. The fourth-order valence-corrected chi connectivity index (χ4v) is 0.982. The van der Waals surface area contributed by atoms with E-state index < -0.39 is 11.5 Å². The summed E-state index contributed by atoms with van der Waals surface area (Å²) < 4.78 is 0. The van der Waals surface area contributed by atoms with E-state index in [1.807, 2.05) is 0 Å². The normalized spacial score (nSPS) is 10.7. The van der Waals surface area contributed by atoms with E-state index in [2.05, 4.69) is 5.29 Å². The number of nitroso groups, excluding NO2 is 1. The summed E-state index contributed by atoms with van der Waals surface area (Å²) in [5.74, 6) is -0.602. The highest BCUT2D eigenvalue weighted by molar-refractivity contribution is 5.89.